The fourth-order valence-electron chi connectivity index (χ4n) is 4.56. The molecule has 0 aliphatic heterocycles. The summed E-state index contributed by atoms with van der Waals surface area (Å²) in [7, 11) is 0. The van der Waals surface area contributed by atoms with E-state index in [1.54, 1.807) is 6.20 Å². The van der Waals surface area contributed by atoms with Gasteiger partial charge in [-0.1, -0.05) is 0 Å². The van der Waals surface area contributed by atoms with Gasteiger partial charge in [-0.15, -0.1) is 0 Å². The zero-order valence-electron chi connectivity index (χ0n) is 15.0. The Balaban J connectivity index is 1.47. The fourth-order valence-corrected chi connectivity index (χ4v) is 4.83. The number of rotatable bonds is 6. The van der Waals surface area contributed by atoms with Gasteiger partial charge in [0.15, 0.2) is 0 Å². The molecule has 0 spiro atoms. The van der Waals surface area contributed by atoms with E-state index in [0.29, 0.717) is 5.41 Å². The third-order valence-corrected chi connectivity index (χ3v) is 6.89. The standard InChI is InChI=1S/C19H28N4Se/c1-12-14(9-15-10-16(12)19(15,3)4)11-21-18(24)23-22-13(2)17-7-5-6-8-20-17/h5-8,12,14-16H,9-11H2,1-4H3,(H2,21,23,24). The molecule has 5 heteroatoms. The van der Waals surface area contributed by atoms with Gasteiger partial charge in [-0.2, -0.15) is 0 Å². The summed E-state index contributed by atoms with van der Waals surface area (Å²) in [5, 5.41) is 7.88. The fraction of sp³-hybridized carbons (Fsp3) is 0.632. The molecule has 130 valence electrons. The maximum absolute atomic E-state index is 4.40. The average molecular weight is 391 g/mol. The van der Waals surface area contributed by atoms with Crippen LogP contribution in [0.15, 0.2) is 29.5 Å². The van der Waals surface area contributed by atoms with E-state index >= 15 is 0 Å². The van der Waals surface area contributed by atoms with Crippen LogP contribution in [0.1, 0.15) is 46.2 Å². The molecule has 1 aromatic heterocycles. The first-order chi connectivity index (χ1) is 11.4. The van der Waals surface area contributed by atoms with Crippen LogP contribution in [0.4, 0.5) is 0 Å². The summed E-state index contributed by atoms with van der Waals surface area (Å²) in [6.07, 6.45) is 4.57. The Labute approximate surface area is 153 Å². The van der Waals surface area contributed by atoms with Gasteiger partial charge in [0.1, 0.15) is 0 Å². The average Bonchev–Trinajstić information content (AvgIpc) is 2.58. The predicted octanol–water partition coefficient (Wildman–Crippen LogP) is 2.56. The third-order valence-electron chi connectivity index (χ3n) is 6.40. The third kappa shape index (κ3) is 3.43. The van der Waals surface area contributed by atoms with Crippen molar-refractivity contribution in [3.05, 3.63) is 30.1 Å². The van der Waals surface area contributed by atoms with Crippen LogP contribution in [-0.4, -0.2) is 37.5 Å². The van der Waals surface area contributed by atoms with E-state index in [9.17, 15) is 0 Å². The second-order valence-corrected chi connectivity index (χ2v) is 8.81. The Morgan fingerprint density at radius 2 is 2.17 bits per heavy atom. The second-order valence-electron chi connectivity index (χ2n) is 7.95. The molecular formula is C19H28N4Se. The molecule has 0 aromatic carbocycles. The van der Waals surface area contributed by atoms with E-state index < -0.39 is 0 Å². The van der Waals surface area contributed by atoms with E-state index in [0.717, 1.165) is 46.3 Å². The van der Waals surface area contributed by atoms with E-state index in [1.807, 2.05) is 25.1 Å². The SMILES string of the molecule is CC(=NNC(=[Se])NCC1CC2CC(C1C)C2(C)C)c1ccccn1. The Morgan fingerprint density at radius 3 is 2.79 bits per heavy atom. The molecule has 4 nitrogen and oxygen atoms in total. The zero-order valence-corrected chi connectivity index (χ0v) is 16.8. The van der Waals surface area contributed by atoms with Crippen molar-refractivity contribution >= 4 is 26.0 Å². The number of aromatic nitrogens is 1. The van der Waals surface area contributed by atoms with Gasteiger partial charge in [-0.25, -0.2) is 0 Å². The first-order valence-electron chi connectivity index (χ1n) is 8.89. The summed E-state index contributed by atoms with van der Waals surface area (Å²) in [4.78, 5) is 4.30. The molecule has 4 atom stereocenters. The molecule has 24 heavy (non-hydrogen) atoms. The molecule has 3 fully saturated rings. The van der Waals surface area contributed by atoms with Crippen molar-refractivity contribution in [1.82, 2.24) is 15.7 Å². The minimum absolute atomic E-state index is 0.559. The summed E-state index contributed by atoms with van der Waals surface area (Å²) in [5.74, 6) is 3.36. The van der Waals surface area contributed by atoms with E-state index in [4.69, 9.17) is 0 Å². The van der Waals surface area contributed by atoms with Gasteiger partial charge in [0, 0.05) is 0 Å². The molecule has 3 saturated carbocycles. The van der Waals surface area contributed by atoms with E-state index in [1.165, 1.54) is 12.8 Å². The molecule has 3 aliphatic rings. The van der Waals surface area contributed by atoms with E-state index in [-0.39, 0.29) is 0 Å². The van der Waals surface area contributed by atoms with Crippen LogP contribution in [0.2, 0.25) is 0 Å². The summed E-state index contributed by atoms with van der Waals surface area (Å²) < 4.78 is 0.885. The van der Waals surface area contributed by atoms with Crippen LogP contribution < -0.4 is 10.7 Å². The Bertz CT molecular complexity index is 626. The van der Waals surface area contributed by atoms with Crippen molar-refractivity contribution in [2.75, 3.05) is 6.54 Å². The van der Waals surface area contributed by atoms with Crippen LogP contribution in [-0.2, 0) is 0 Å². The summed E-state index contributed by atoms with van der Waals surface area (Å²) in [6.45, 7) is 10.3. The maximum atomic E-state index is 4.40. The molecule has 3 aliphatic carbocycles. The quantitative estimate of drug-likeness (QED) is 0.445. The molecular weight excluding hydrogens is 363 g/mol. The van der Waals surface area contributed by atoms with E-state index in [2.05, 4.69) is 57.2 Å². The van der Waals surface area contributed by atoms with Crippen molar-refractivity contribution in [2.24, 2.45) is 34.2 Å². The molecule has 2 N–H and O–H groups in total. The van der Waals surface area contributed by atoms with Gasteiger partial charge >= 0.3 is 153 Å². The van der Waals surface area contributed by atoms with Gasteiger partial charge < -0.3 is 0 Å². The number of nitrogens with zero attached hydrogens (tertiary/aromatic N) is 2. The minimum atomic E-state index is 0.559. The van der Waals surface area contributed by atoms with Crippen molar-refractivity contribution < 1.29 is 0 Å². The Kier molecular flexibility index (Phi) is 5.12. The first kappa shape index (κ1) is 17.6. The van der Waals surface area contributed by atoms with Crippen LogP contribution >= 0.6 is 0 Å². The number of hydrogen-bond donors (Lipinski definition) is 2. The van der Waals surface area contributed by atoms with Gasteiger partial charge in [-0.3, -0.25) is 0 Å². The zero-order chi connectivity index (χ0) is 17.3. The molecule has 2 bridgehead atoms. The van der Waals surface area contributed by atoms with Crippen LogP contribution in [0.5, 0.6) is 0 Å². The number of fused-ring (bicyclic) bond motifs is 2. The number of pyridine rings is 1. The van der Waals surface area contributed by atoms with Crippen molar-refractivity contribution in [1.29, 1.82) is 0 Å². The Morgan fingerprint density at radius 1 is 1.38 bits per heavy atom. The topological polar surface area (TPSA) is 49.3 Å². The summed E-state index contributed by atoms with van der Waals surface area (Å²) in [5.41, 5.74) is 5.39. The number of hydrazone groups is 1. The van der Waals surface area contributed by atoms with Crippen LogP contribution in [0.25, 0.3) is 0 Å². The van der Waals surface area contributed by atoms with Crippen LogP contribution in [0.3, 0.4) is 0 Å². The Hall–Kier alpha value is -1.19. The second kappa shape index (κ2) is 6.97. The van der Waals surface area contributed by atoms with Gasteiger partial charge in [0.05, 0.1) is 0 Å². The molecule has 1 aromatic rings. The molecule has 0 saturated heterocycles. The molecule has 1 heterocycles. The summed E-state index contributed by atoms with van der Waals surface area (Å²) >= 11 is 3.04. The van der Waals surface area contributed by atoms with Crippen molar-refractivity contribution in [2.45, 2.75) is 40.5 Å². The molecule has 0 amide bonds. The van der Waals surface area contributed by atoms with Crippen LogP contribution in [0, 0.1) is 29.1 Å². The summed E-state index contributed by atoms with van der Waals surface area (Å²) in [6, 6.07) is 5.85. The molecule has 4 unspecified atom stereocenters. The molecule has 4 rings (SSSR count). The van der Waals surface area contributed by atoms with Gasteiger partial charge in [-0.05, 0) is 0 Å². The first-order valence-corrected chi connectivity index (χ1v) is 9.74. The number of hydrogen-bond acceptors (Lipinski definition) is 4. The predicted molar refractivity (Wildman–Crippen MR) is 101 cm³/mol. The van der Waals surface area contributed by atoms with Crippen molar-refractivity contribution in [3.8, 4) is 0 Å². The van der Waals surface area contributed by atoms with Crippen molar-refractivity contribution in [3.63, 3.8) is 0 Å². The normalized spacial score (nSPS) is 31.1. The van der Waals surface area contributed by atoms with Gasteiger partial charge in [0.2, 0.25) is 0 Å². The molecule has 0 radical (unpaired) electrons. The monoisotopic (exact) mass is 392 g/mol. The van der Waals surface area contributed by atoms with Gasteiger partial charge in [0.25, 0.3) is 0 Å². The number of nitrogens with one attached hydrogen (secondary N) is 2.